The van der Waals surface area contributed by atoms with Crippen molar-refractivity contribution in [3.05, 3.63) is 54.6 Å². The van der Waals surface area contributed by atoms with Gasteiger partial charge in [0.25, 0.3) is 0 Å². The summed E-state index contributed by atoms with van der Waals surface area (Å²) in [7, 11) is 0. The van der Waals surface area contributed by atoms with Crippen LogP contribution in [-0.4, -0.2) is 43.3 Å². The number of H-pyrrole nitrogens is 1. The zero-order valence-corrected chi connectivity index (χ0v) is 17.1. The van der Waals surface area contributed by atoms with E-state index in [4.69, 9.17) is 4.98 Å². The minimum Gasteiger partial charge on any atom is -0.356 e. The Morgan fingerprint density at radius 1 is 1.10 bits per heavy atom. The summed E-state index contributed by atoms with van der Waals surface area (Å²) in [4.78, 5) is 44.4. The molecule has 0 aliphatic heterocycles. The number of hydrogen-bond acceptors (Lipinski definition) is 6. The normalized spacial score (nSPS) is 10.8. The Morgan fingerprint density at radius 3 is 2.77 bits per heavy atom. The predicted molar refractivity (Wildman–Crippen MR) is 117 cm³/mol. The molecule has 3 N–H and O–H groups in total. The summed E-state index contributed by atoms with van der Waals surface area (Å²) in [6, 6.07) is 9.41. The van der Waals surface area contributed by atoms with Crippen molar-refractivity contribution in [1.82, 2.24) is 30.2 Å². The van der Waals surface area contributed by atoms with Crippen LogP contribution >= 0.6 is 0 Å². The lowest BCUT2D eigenvalue weighted by Crippen LogP contribution is -2.25. The van der Waals surface area contributed by atoms with Gasteiger partial charge in [-0.1, -0.05) is 6.07 Å². The minimum absolute atomic E-state index is 0.169. The predicted octanol–water partition coefficient (Wildman–Crippen LogP) is 2.86. The van der Waals surface area contributed by atoms with Gasteiger partial charge in [-0.05, 0) is 31.2 Å². The van der Waals surface area contributed by atoms with Gasteiger partial charge in [-0.25, -0.2) is 15.0 Å². The lowest BCUT2D eigenvalue weighted by molar-refractivity contribution is -0.119. The van der Waals surface area contributed by atoms with E-state index in [1.807, 2.05) is 37.3 Å². The maximum atomic E-state index is 12.2. The van der Waals surface area contributed by atoms with Crippen LogP contribution < -0.4 is 10.6 Å². The molecule has 4 heterocycles. The van der Waals surface area contributed by atoms with E-state index in [1.54, 1.807) is 18.6 Å². The molecule has 0 aliphatic rings. The van der Waals surface area contributed by atoms with Gasteiger partial charge < -0.3 is 15.6 Å². The Kier molecular flexibility index (Phi) is 5.65. The van der Waals surface area contributed by atoms with Crippen LogP contribution in [0.1, 0.15) is 19.0 Å². The number of fused-ring (bicyclic) bond motifs is 1. The van der Waals surface area contributed by atoms with E-state index < -0.39 is 0 Å². The Labute approximate surface area is 178 Å². The van der Waals surface area contributed by atoms with Crippen molar-refractivity contribution >= 4 is 28.5 Å². The second kappa shape index (κ2) is 8.70. The van der Waals surface area contributed by atoms with E-state index in [-0.39, 0.29) is 24.8 Å². The summed E-state index contributed by atoms with van der Waals surface area (Å²) in [6.45, 7) is 3.60. The maximum Gasteiger partial charge on any atom is 0.226 e. The van der Waals surface area contributed by atoms with Gasteiger partial charge >= 0.3 is 0 Å². The van der Waals surface area contributed by atoms with E-state index in [2.05, 4.69) is 30.6 Å². The highest BCUT2D eigenvalue weighted by atomic mass is 16.2. The third-order valence-electron chi connectivity index (χ3n) is 4.55. The Bertz CT molecular complexity index is 1270. The smallest absolute Gasteiger partial charge is 0.226 e. The van der Waals surface area contributed by atoms with Crippen molar-refractivity contribution in [2.45, 2.75) is 20.3 Å². The number of hydrogen-bond donors (Lipinski definition) is 3. The number of anilines is 1. The molecule has 31 heavy (non-hydrogen) atoms. The summed E-state index contributed by atoms with van der Waals surface area (Å²) in [6.07, 6.45) is 5.23. The molecule has 0 atom stereocenters. The molecular weight excluding hydrogens is 394 g/mol. The number of rotatable bonds is 6. The molecule has 4 rings (SSSR count). The third kappa shape index (κ3) is 4.72. The Morgan fingerprint density at radius 2 is 1.97 bits per heavy atom. The van der Waals surface area contributed by atoms with Crippen molar-refractivity contribution in [3.8, 4) is 22.8 Å². The van der Waals surface area contributed by atoms with Gasteiger partial charge in [-0.15, -0.1) is 0 Å². The highest BCUT2D eigenvalue weighted by Gasteiger charge is 2.14. The van der Waals surface area contributed by atoms with E-state index >= 15 is 0 Å². The average Bonchev–Trinajstić information content (AvgIpc) is 3.21. The maximum absolute atomic E-state index is 12.2. The van der Waals surface area contributed by atoms with Crippen LogP contribution in [0.5, 0.6) is 0 Å². The summed E-state index contributed by atoms with van der Waals surface area (Å²) >= 11 is 0. The van der Waals surface area contributed by atoms with Crippen LogP contribution in [-0.2, 0) is 9.59 Å². The van der Waals surface area contributed by atoms with Crippen LogP contribution in [0.4, 0.5) is 5.69 Å². The molecule has 156 valence electrons. The van der Waals surface area contributed by atoms with E-state index in [0.29, 0.717) is 28.5 Å². The summed E-state index contributed by atoms with van der Waals surface area (Å²) < 4.78 is 0. The van der Waals surface area contributed by atoms with E-state index in [1.165, 1.54) is 6.92 Å². The van der Waals surface area contributed by atoms with Crippen molar-refractivity contribution in [1.29, 1.82) is 0 Å². The molecule has 9 heteroatoms. The van der Waals surface area contributed by atoms with Crippen LogP contribution in [0.3, 0.4) is 0 Å². The highest BCUT2D eigenvalue weighted by molar-refractivity contribution is 5.94. The van der Waals surface area contributed by atoms with Crippen molar-refractivity contribution < 1.29 is 9.59 Å². The molecule has 0 bridgehead atoms. The number of aromatic nitrogens is 5. The molecule has 0 aromatic carbocycles. The van der Waals surface area contributed by atoms with Gasteiger partial charge in [-0.2, -0.15) is 0 Å². The lowest BCUT2D eigenvalue weighted by Gasteiger charge is -2.09. The molecule has 0 unspecified atom stereocenters. The number of aryl methyl sites for hydroxylation is 1. The number of carbonyl (C=O) groups is 2. The van der Waals surface area contributed by atoms with Crippen molar-refractivity contribution in [2.24, 2.45) is 0 Å². The van der Waals surface area contributed by atoms with E-state index in [0.717, 1.165) is 16.6 Å². The molecule has 4 aromatic rings. The molecule has 9 nitrogen and oxygen atoms in total. The number of amides is 2. The zero-order valence-electron chi connectivity index (χ0n) is 17.1. The number of carbonyl (C=O) groups excluding carboxylic acids is 2. The molecule has 2 amide bonds. The van der Waals surface area contributed by atoms with Gasteiger partial charge in [0.2, 0.25) is 11.8 Å². The average molecular weight is 415 g/mol. The summed E-state index contributed by atoms with van der Waals surface area (Å²) in [5.74, 6) is 0.111. The molecule has 0 saturated heterocycles. The second-order valence-electron chi connectivity index (χ2n) is 7.04. The molecule has 0 saturated carbocycles. The monoisotopic (exact) mass is 415 g/mol. The van der Waals surface area contributed by atoms with Gasteiger partial charge in [-0.3, -0.25) is 14.6 Å². The molecule has 0 spiro atoms. The quantitative estimate of drug-likeness (QED) is 0.445. The largest absolute Gasteiger partial charge is 0.356 e. The highest BCUT2D eigenvalue weighted by Crippen LogP contribution is 2.29. The first-order valence-electron chi connectivity index (χ1n) is 9.78. The minimum atomic E-state index is -0.216. The molecular formula is C22H21N7O2. The van der Waals surface area contributed by atoms with Gasteiger partial charge in [0.15, 0.2) is 5.82 Å². The van der Waals surface area contributed by atoms with Crippen LogP contribution in [0.25, 0.3) is 33.8 Å². The van der Waals surface area contributed by atoms with Gasteiger partial charge in [0, 0.05) is 48.9 Å². The fourth-order valence-corrected chi connectivity index (χ4v) is 3.16. The lowest BCUT2D eigenvalue weighted by atomic mass is 10.1. The third-order valence-corrected chi connectivity index (χ3v) is 4.55. The van der Waals surface area contributed by atoms with Crippen LogP contribution in [0.15, 0.2) is 48.9 Å². The molecule has 0 aliphatic carbocycles. The fraction of sp³-hybridized carbons (Fsp3) is 0.182. The van der Waals surface area contributed by atoms with Gasteiger partial charge in [0.05, 0.1) is 17.6 Å². The first-order valence-corrected chi connectivity index (χ1v) is 9.78. The molecule has 0 fully saturated rings. The topological polar surface area (TPSA) is 126 Å². The van der Waals surface area contributed by atoms with Crippen LogP contribution in [0.2, 0.25) is 0 Å². The first kappa shape index (κ1) is 20.1. The molecule has 0 radical (unpaired) electrons. The zero-order chi connectivity index (χ0) is 21.8. The standard InChI is InChI=1S/C22H21N7O2/c1-13-4-3-5-18(26-13)22-28-20(17-6-8-25-21(17)29-22)15-10-16(12-23-11-15)27-19(31)7-9-24-14(2)30/h3-6,8,10-12H,7,9H2,1-2H3,(H,24,30)(H,27,31)(H,25,28,29). The van der Waals surface area contributed by atoms with Crippen molar-refractivity contribution in [2.75, 3.05) is 11.9 Å². The summed E-state index contributed by atoms with van der Waals surface area (Å²) in [5, 5.41) is 6.25. The second-order valence-corrected chi connectivity index (χ2v) is 7.04. The number of nitrogens with one attached hydrogen (secondary N) is 3. The first-order chi connectivity index (χ1) is 15.0. The molecule has 4 aromatic heterocycles. The fourth-order valence-electron chi connectivity index (χ4n) is 3.16. The number of pyridine rings is 2. The van der Waals surface area contributed by atoms with E-state index in [9.17, 15) is 9.59 Å². The Balaban J connectivity index is 1.66. The van der Waals surface area contributed by atoms with Crippen molar-refractivity contribution in [3.63, 3.8) is 0 Å². The number of nitrogens with zero attached hydrogens (tertiary/aromatic N) is 4. The number of aromatic amines is 1. The van der Waals surface area contributed by atoms with Crippen LogP contribution in [0, 0.1) is 6.92 Å². The SMILES string of the molecule is CC(=O)NCCC(=O)Nc1cncc(-c2nc(-c3cccc(C)n3)nc3[nH]ccc23)c1. The summed E-state index contributed by atoms with van der Waals surface area (Å²) in [5.41, 5.74) is 4.20. The Hall–Kier alpha value is -4.14. The van der Waals surface area contributed by atoms with Gasteiger partial charge in [0.1, 0.15) is 11.3 Å².